The summed E-state index contributed by atoms with van der Waals surface area (Å²) in [4.78, 5) is 24.8. The number of ether oxygens (including phenoxy) is 1. The number of carbonyl (C=O) groups excluding carboxylic acids is 1. The summed E-state index contributed by atoms with van der Waals surface area (Å²) < 4.78 is 20.3. The van der Waals surface area contributed by atoms with Crippen LogP contribution in [-0.2, 0) is 9.53 Å². The molecule has 1 fully saturated rings. The highest BCUT2D eigenvalue weighted by Gasteiger charge is 2.29. The SMILES string of the molecule is CC1CN(C(CNC(=O)CCCNc2ccc([N+](=O)[O-])cc2)c2c(F)cccc2Cl)CCO1. The van der Waals surface area contributed by atoms with E-state index in [1.807, 2.05) is 6.92 Å². The van der Waals surface area contributed by atoms with Crippen LogP contribution in [-0.4, -0.2) is 54.6 Å². The van der Waals surface area contributed by atoms with Crippen LogP contribution in [0.1, 0.15) is 31.4 Å². The van der Waals surface area contributed by atoms with Gasteiger partial charge in [-0.3, -0.25) is 19.8 Å². The Hall–Kier alpha value is -2.75. The molecule has 1 saturated heterocycles. The van der Waals surface area contributed by atoms with Crippen molar-refractivity contribution in [1.29, 1.82) is 0 Å². The molecule has 0 radical (unpaired) electrons. The third-order valence-electron chi connectivity index (χ3n) is 5.53. The molecule has 2 atom stereocenters. The maximum Gasteiger partial charge on any atom is 0.269 e. The molecule has 2 N–H and O–H groups in total. The Labute approximate surface area is 197 Å². The molecule has 2 unspecified atom stereocenters. The van der Waals surface area contributed by atoms with Crippen LogP contribution in [0.2, 0.25) is 5.02 Å². The molecule has 1 aliphatic rings. The van der Waals surface area contributed by atoms with Crippen molar-refractivity contribution in [2.24, 2.45) is 0 Å². The Morgan fingerprint density at radius 2 is 2.09 bits per heavy atom. The van der Waals surface area contributed by atoms with E-state index in [0.717, 1.165) is 5.69 Å². The van der Waals surface area contributed by atoms with E-state index >= 15 is 0 Å². The van der Waals surface area contributed by atoms with E-state index in [1.165, 1.54) is 18.2 Å². The summed E-state index contributed by atoms with van der Waals surface area (Å²) in [5, 5.41) is 17.1. The summed E-state index contributed by atoms with van der Waals surface area (Å²) in [5.74, 6) is -0.535. The fourth-order valence-electron chi connectivity index (χ4n) is 3.85. The molecule has 0 aromatic heterocycles. The number of nitrogens with zero attached hydrogens (tertiary/aromatic N) is 2. The first-order valence-corrected chi connectivity index (χ1v) is 11.3. The molecular formula is C23H28ClFN4O4. The first-order chi connectivity index (χ1) is 15.8. The molecule has 0 aliphatic carbocycles. The normalized spacial score (nSPS) is 17.4. The number of benzene rings is 2. The standard InChI is InChI=1S/C23H28ClFN4O4/c1-16-15-28(12-13-33-16)21(23-19(24)4-2-5-20(23)25)14-27-22(30)6-3-11-26-17-7-9-18(10-8-17)29(31)32/h2,4-5,7-10,16,21,26H,3,6,11-15H2,1H3,(H,27,30). The quantitative estimate of drug-likeness (QED) is 0.302. The lowest BCUT2D eigenvalue weighted by Crippen LogP contribution is -2.47. The van der Waals surface area contributed by atoms with Crippen molar-refractivity contribution in [3.05, 3.63) is 69.0 Å². The number of morpholine rings is 1. The summed E-state index contributed by atoms with van der Waals surface area (Å²) in [6.45, 7) is 4.50. The van der Waals surface area contributed by atoms with Crippen LogP contribution in [0.4, 0.5) is 15.8 Å². The Morgan fingerprint density at radius 1 is 1.33 bits per heavy atom. The van der Waals surface area contributed by atoms with Crippen LogP contribution >= 0.6 is 11.6 Å². The number of nitro groups is 1. The molecule has 0 spiro atoms. The Morgan fingerprint density at radius 3 is 2.76 bits per heavy atom. The second-order valence-corrected chi connectivity index (χ2v) is 8.37. The lowest BCUT2D eigenvalue weighted by Gasteiger charge is -2.38. The maximum absolute atomic E-state index is 14.7. The molecule has 33 heavy (non-hydrogen) atoms. The highest BCUT2D eigenvalue weighted by molar-refractivity contribution is 6.31. The predicted octanol–water partition coefficient (Wildman–Crippen LogP) is 4.16. The fraction of sp³-hybridized carbons (Fsp3) is 0.435. The largest absolute Gasteiger partial charge is 0.385 e. The van der Waals surface area contributed by atoms with Crippen molar-refractivity contribution in [2.75, 3.05) is 38.1 Å². The first-order valence-electron chi connectivity index (χ1n) is 10.9. The molecular weight excluding hydrogens is 451 g/mol. The van der Waals surface area contributed by atoms with E-state index in [9.17, 15) is 19.3 Å². The van der Waals surface area contributed by atoms with Gasteiger partial charge in [0.1, 0.15) is 5.82 Å². The van der Waals surface area contributed by atoms with Crippen molar-refractivity contribution in [3.8, 4) is 0 Å². The van der Waals surface area contributed by atoms with Gasteiger partial charge >= 0.3 is 0 Å². The van der Waals surface area contributed by atoms with E-state index in [2.05, 4.69) is 15.5 Å². The van der Waals surface area contributed by atoms with Crippen LogP contribution in [0, 0.1) is 15.9 Å². The lowest BCUT2D eigenvalue weighted by atomic mass is 10.0. The van der Waals surface area contributed by atoms with Gasteiger partial charge in [0.2, 0.25) is 5.91 Å². The van der Waals surface area contributed by atoms with Gasteiger partial charge in [-0.1, -0.05) is 17.7 Å². The van der Waals surface area contributed by atoms with Gasteiger partial charge in [-0.2, -0.15) is 0 Å². The average Bonchev–Trinajstić information content (AvgIpc) is 2.79. The number of nitro benzene ring substituents is 1. The summed E-state index contributed by atoms with van der Waals surface area (Å²) in [7, 11) is 0. The number of hydrogen-bond donors (Lipinski definition) is 2. The van der Waals surface area contributed by atoms with Crippen molar-refractivity contribution in [1.82, 2.24) is 10.2 Å². The Bertz CT molecular complexity index is 940. The molecule has 2 aromatic rings. The van der Waals surface area contributed by atoms with Gasteiger partial charge < -0.3 is 15.4 Å². The summed E-state index contributed by atoms with van der Waals surface area (Å²) in [6, 6.07) is 10.3. The summed E-state index contributed by atoms with van der Waals surface area (Å²) in [6.07, 6.45) is 0.868. The highest BCUT2D eigenvalue weighted by Crippen LogP contribution is 2.31. The van der Waals surface area contributed by atoms with Crippen molar-refractivity contribution < 1.29 is 18.8 Å². The zero-order valence-corrected chi connectivity index (χ0v) is 19.2. The molecule has 1 aliphatic heterocycles. The van der Waals surface area contributed by atoms with Gasteiger partial charge in [0.15, 0.2) is 0 Å². The number of anilines is 1. The second-order valence-electron chi connectivity index (χ2n) is 7.97. The molecule has 1 amide bonds. The number of rotatable bonds is 10. The van der Waals surface area contributed by atoms with Crippen molar-refractivity contribution >= 4 is 28.9 Å². The number of hydrogen-bond acceptors (Lipinski definition) is 6. The predicted molar refractivity (Wildman–Crippen MR) is 125 cm³/mol. The van der Waals surface area contributed by atoms with Crippen molar-refractivity contribution in [2.45, 2.75) is 31.9 Å². The first kappa shape index (κ1) is 24.9. The minimum atomic E-state index is -0.451. The summed E-state index contributed by atoms with van der Waals surface area (Å²) >= 11 is 6.33. The van der Waals surface area contributed by atoms with Gasteiger partial charge in [-0.05, 0) is 37.6 Å². The third kappa shape index (κ3) is 7.12. The van der Waals surface area contributed by atoms with Gasteiger partial charge in [0.05, 0.1) is 23.7 Å². The zero-order valence-electron chi connectivity index (χ0n) is 18.4. The van der Waals surface area contributed by atoms with E-state index in [4.69, 9.17) is 16.3 Å². The number of non-ortho nitro benzene ring substituents is 1. The van der Waals surface area contributed by atoms with Crippen LogP contribution in [0.25, 0.3) is 0 Å². The van der Waals surface area contributed by atoms with E-state index in [1.54, 1.807) is 24.3 Å². The maximum atomic E-state index is 14.7. The van der Waals surface area contributed by atoms with E-state index < -0.39 is 16.8 Å². The van der Waals surface area contributed by atoms with Crippen LogP contribution in [0.3, 0.4) is 0 Å². The molecule has 0 saturated carbocycles. The van der Waals surface area contributed by atoms with E-state index in [0.29, 0.717) is 43.2 Å². The van der Waals surface area contributed by atoms with Gasteiger partial charge in [-0.25, -0.2) is 4.39 Å². The molecule has 2 aromatic carbocycles. The highest BCUT2D eigenvalue weighted by atomic mass is 35.5. The average molecular weight is 479 g/mol. The Balaban J connectivity index is 1.52. The fourth-order valence-corrected chi connectivity index (χ4v) is 4.14. The molecule has 0 bridgehead atoms. The molecule has 1 heterocycles. The third-order valence-corrected chi connectivity index (χ3v) is 5.86. The lowest BCUT2D eigenvalue weighted by molar-refractivity contribution is -0.384. The van der Waals surface area contributed by atoms with Gasteiger partial charge in [0, 0.05) is 61.0 Å². The van der Waals surface area contributed by atoms with Crippen LogP contribution in [0.15, 0.2) is 42.5 Å². The molecule has 8 nitrogen and oxygen atoms in total. The van der Waals surface area contributed by atoms with Crippen LogP contribution < -0.4 is 10.6 Å². The number of amides is 1. The second kappa shape index (κ2) is 11.9. The van der Waals surface area contributed by atoms with Crippen molar-refractivity contribution in [3.63, 3.8) is 0 Å². The molecule has 3 rings (SSSR count). The minimum absolute atomic E-state index is 0.00740. The topological polar surface area (TPSA) is 96.7 Å². The monoisotopic (exact) mass is 478 g/mol. The summed E-state index contributed by atoms with van der Waals surface area (Å²) in [5.41, 5.74) is 1.16. The van der Waals surface area contributed by atoms with Crippen LogP contribution in [0.5, 0.6) is 0 Å². The minimum Gasteiger partial charge on any atom is -0.385 e. The number of nitrogens with one attached hydrogen (secondary N) is 2. The zero-order chi connectivity index (χ0) is 23.8. The number of halogens is 2. The Kier molecular flexibility index (Phi) is 8.99. The number of carbonyl (C=O) groups is 1. The smallest absolute Gasteiger partial charge is 0.269 e. The van der Waals surface area contributed by atoms with E-state index in [-0.39, 0.29) is 30.7 Å². The molecule has 10 heteroatoms. The van der Waals surface area contributed by atoms with Gasteiger partial charge in [0.25, 0.3) is 5.69 Å². The molecule has 178 valence electrons. The van der Waals surface area contributed by atoms with Gasteiger partial charge in [-0.15, -0.1) is 0 Å².